The van der Waals surface area contributed by atoms with Gasteiger partial charge >= 0.3 is 6.09 Å². The molecule has 2 heterocycles. The number of nitrogens with one attached hydrogen (secondary N) is 1. The molecule has 1 aliphatic rings. The molecule has 10 nitrogen and oxygen atoms in total. The van der Waals surface area contributed by atoms with Gasteiger partial charge in [-0.05, 0) is 27.7 Å². The van der Waals surface area contributed by atoms with Gasteiger partial charge in [-0.25, -0.2) is 4.79 Å². The van der Waals surface area contributed by atoms with E-state index in [0.717, 1.165) is 5.69 Å². The summed E-state index contributed by atoms with van der Waals surface area (Å²) < 4.78 is 7.10. The molecule has 0 saturated carbocycles. The van der Waals surface area contributed by atoms with Crippen LogP contribution in [0.1, 0.15) is 27.7 Å². The number of amides is 2. The summed E-state index contributed by atoms with van der Waals surface area (Å²) in [6.45, 7) is 10.5. The van der Waals surface area contributed by atoms with E-state index in [-0.39, 0.29) is 18.5 Å². The Morgan fingerprint density at radius 1 is 1.38 bits per heavy atom. The van der Waals surface area contributed by atoms with E-state index >= 15 is 0 Å². The van der Waals surface area contributed by atoms with E-state index in [9.17, 15) is 9.59 Å². The minimum Gasteiger partial charge on any atom is -0.444 e. The van der Waals surface area contributed by atoms with Gasteiger partial charge in [0.25, 0.3) is 0 Å². The van der Waals surface area contributed by atoms with Gasteiger partial charge in [0, 0.05) is 53.0 Å². The van der Waals surface area contributed by atoms with E-state index in [1.54, 1.807) is 27.7 Å². The fourth-order valence-corrected chi connectivity index (χ4v) is 3.01. The van der Waals surface area contributed by atoms with Crippen LogP contribution in [0.25, 0.3) is 0 Å². The molecular weight excluding hydrogens is 374 g/mol. The quantitative estimate of drug-likeness (QED) is 0.576. The average Bonchev–Trinajstić information content (AvgIpc) is 3.06. The fraction of sp³-hybridized carbons (Fsp3) is 0.684. The summed E-state index contributed by atoms with van der Waals surface area (Å²) in [7, 11) is 3.51. The molecule has 0 radical (unpaired) electrons. The number of aromatic nitrogens is 2. The van der Waals surface area contributed by atoms with Crippen LogP contribution in [0.15, 0.2) is 17.4 Å². The maximum Gasteiger partial charge on any atom is 0.410 e. The number of aryl methyl sites for hydroxylation is 1. The molecule has 0 atom stereocenters. The maximum atomic E-state index is 12.6. The first kappa shape index (κ1) is 22.5. The van der Waals surface area contributed by atoms with E-state index in [1.165, 1.54) is 0 Å². The van der Waals surface area contributed by atoms with Crippen molar-refractivity contribution < 1.29 is 14.3 Å². The number of nitrogens with zero attached hydrogens (tertiary/aromatic N) is 6. The molecule has 162 valence electrons. The minimum atomic E-state index is -0.526. The number of carbonyl (C=O) groups excluding carboxylic acids is 2. The summed E-state index contributed by atoms with van der Waals surface area (Å²) in [6, 6.07) is 0. The molecule has 2 amide bonds. The molecular formula is C19H33N7O3. The van der Waals surface area contributed by atoms with Gasteiger partial charge in [0.05, 0.1) is 11.9 Å². The number of guanidine groups is 1. The van der Waals surface area contributed by atoms with Crippen molar-refractivity contribution in [2.45, 2.75) is 33.3 Å². The summed E-state index contributed by atoms with van der Waals surface area (Å²) in [6.07, 6.45) is 3.19. The molecule has 0 spiro atoms. The summed E-state index contributed by atoms with van der Waals surface area (Å²) in [5, 5.41) is 7.37. The second kappa shape index (κ2) is 9.62. The standard InChI is InChI=1S/C19H33N7O3/c1-7-24(18(28)29-19(2,3)4)9-8-21-17(20-5)25-10-11-26(16(27)14-25)15-12-22-23(6)13-15/h12-13H,7-11,14H2,1-6H3,(H,20,21). The molecule has 2 rings (SSSR count). The Morgan fingerprint density at radius 2 is 2.10 bits per heavy atom. The fourth-order valence-electron chi connectivity index (χ4n) is 3.01. The number of aliphatic imine (C=N–C) groups is 1. The highest BCUT2D eigenvalue weighted by atomic mass is 16.6. The van der Waals surface area contributed by atoms with Crippen LogP contribution in [0.3, 0.4) is 0 Å². The van der Waals surface area contributed by atoms with Crippen LogP contribution >= 0.6 is 0 Å². The number of hydrogen-bond acceptors (Lipinski definition) is 5. The molecule has 0 aromatic carbocycles. The molecule has 10 heteroatoms. The topological polar surface area (TPSA) is 95.3 Å². The average molecular weight is 408 g/mol. The van der Waals surface area contributed by atoms with Crippen LogP contribution < -0.4 is 10.2 Å². The van der Waals surface area contributed by atoms with E-state index in [0.29, 0.717) is 38.7 Å². The molecule has 1 aromatic rings. The number of piperazine rings is 1. The molecule has 1 aromatic heterocycles. The van der Waals surface area contributed by atoms with Crippen molar-refractivity contribution in [3.63, 3.8) is 0 Å². The van der Waals surface area contributed by atoms with E-state index in [2.05, 4.69) is 15.4 Å². The first-order chi connectivity index (χ1) is 13.6. The lowest BCUT2D eigenvalue weighted by atomic mass is 10.2. The predicted molar refractivity (Wildman–Crippen MR) is 112 cm³/mol. The number of ether oxygens (including phenoxy) is 1. The largest absolute Gasteiger partial charge is 0.444 e. The van der Waals surface area contributed by atoms with E-state index in [4.69, 9.17) is 4.74 Å². The van der Waals surface area contributed by atoms with Crippen LogP contribution in [-0.2, 0) is 16.6 Å². The van der Waals surface area contributed by atoms with Gasteiger partial charge in [-0.1, -0.05) is 0 Å². The number of hydrogen-bond donors (Lipinski definition) is 1. The molecule has 29 heavy (non-hydrogen) atoms. The summed E-state index contributed by atoms with van der Waals surface area (Å²) >= 11 is 0. The van der Waals surface area contributed by atoms with Gasteiger partial charge in [-0.15, -0.1) is 0 Å². The number of rotatable bonds is 5. The highest BCUT2D eigenvalue weighted by Gasteiger charge is 2.28. The van der Waals surface area contributed by atoms with Crippen LogP contribution in [-0.4, -0.2) is 89.5 Å². The number of carbonyl (C=O) groups is 2. The molecule has 0 aliphatic carbocycles. The van der Waals surface area contributed by atoms with Crippen molar-refractivity contribution >= 4 is 23.6 Å². The van der Waals surface area contributed by atoms with Crippen molar-refractivity contribution in [3.05, 3.63) is 12.4 Å². The zero-order chi connectivity index (χ0) is 21.6. The lowest BCUT2D eigenvalue weighted by Gasteiger charge is -2.35. The van der Waals surface area contributed by atoms with Crippen molar-refractivity contribution in [2.24, 2.45) is 12.0 Å². The van der Waals surface area contributed by atoms with Crippen molar-refractivity contribution in [1.29, 1.82) is 0 Å². The van der Waals surface area contributed by atoms with Gasteiger partial charge in [-0.2, -0.15) is 5.10 Å². The molecule has 1 N–H and O–H groups in total. The maximum absolute atomic E-state index is 12.6. The predicted octanol–water partition coefficient (Wildman–Crippen LogP) is 0.901. The summed E-state index contributed by atoms with van der Waals surface area (Å²) in [5.41, 5.74) is 0.276. The van der Waals surface area contributed by atoms with Crippen molar-refractivity contribution in [3.8, 4) is 0 Å². The Morgan fingerprint density at radius 3 is 2.62 bits per heavy atom. The first-order valence-corrected chi connectivity index (χ1v) is 9.87. The van der Waals surface area contributed by atoms with Crippen LogP contribution in [0.2, 0.25) is 0 Å². The second-order valence-corrected chi connectivity index (χ2v) is 7.87. The van der Waals surface area contributed by atoms with Crippen LogP contribution in [0.4, 0.5) is 10.5 Å². The zero-order valence-electron chi connectivity index (χ0n) is 18.3. The normalized spacial score (nSPS) is 15.5. The SMILES string of the molecule is CCN(CCNC(=NC)N1CCN(c2cnn(C)c2)C(=O)C1)C(=O)OC(C)(C)C. The number of likely N-dealkylation sites (N-methyl/N-ethyl adjacent to an activating group) is 1. The Hall–Kier alpha value is -2.78. The van der Waals surface area contributed by atoms with Gasteiger partial charge in [0.1, 0.15) is 12.1 Å². The molecule has 1 fully saturated rings. The zero-order valence-corrected chi connectivity index (χ0v) is 18.3. The third kappa shape index (κ3) is 6.37. The summed E-state index contributed by atoms with van der Waals surface area (Å²) in [4.78, 5) is 34.4. The first-order valence-electron chi connectivity index (χ1n) is 9.87. The van der Waals surface area contributed by atoms with Gasteiger partial charge < -0.3 is 24.8 Å². The lowest BCUT2D eigenvalue weighted by Crippen LogP contribution is -2.56. The Bertz CT molecular complexity index is 738. The smallest absolute Gasteiger partial charge is 0.410 e. The molecule has 1 aliphatic heterocycles. The Labute approximate surface area is 172 Å². The monoisotopic (exact) mass is 407 g/mol. The third-order valence-corrected chi connectivity index (χ3v) is 4.43. The van der Waals surface area contributed by atoms with Crippen LogP contribution in [0, 0.1) is 0 Å². The van der Waals surface area contributed by atoms with E-state index < -0.39 is 5.60 Å². The Balaban J connectivity index is 1.86. The number of anilines is 1. The highest BCUT2D eigenvalue weighted by Crippen LogP contribution is 2.16. The minimum absolute atomic E-state index is 0.00357. The van der Waals surface area contributed by atoms with Gasteiger partial charge in [-0.3, -0.25) is 14.5 Å². The van der Waals surface area contributed by atoms with Gasteiger partial charge in [0.2, 0.25) is 5.91 Å². The molecule has 0 unspecified atom stereocenters. The molecule has 1 saturated heterocycles. The lowest BCUT2D eigenvalue weighted by molar-refractivity contribution is -0.120. The van der Waals surface area contributed by atoms with E-state index in [1.807, 2.05) is 45.8 Å². The van der Waals surface area contributed by atoms with Crippen LogP contribution in [0.5, 0.6) is 0 Å². The third-order valence-electron chi connectivity index (χ3n) is 4.43. The Kier molecular flexibility index (Phi) is 7.46. The van der Waals surface area contributed by atoms with Crippen molar-refractivity contribution in [2.75, 3.05) is 51.2 Å². The highest BCUT2D eigenvalue weighted by molar-refractivity contribution is 5.98. The molecule has 0 bridgehead atoms. The van der Waals surface area contributed by atoms with Crippen molar-refractivity contribution in [1.82, 2.24) is 24.9 Å². The summed E-state index contributed by atoms with van der Waals surface area (Å²) in [5.74, 6) is 0.639. The second-order valence-electron chi connectivity index (χ2n) is 7.87. The van der Waals surface area contributed by atoms with Gasteiger partial charge in [0.15, 0.2) is 5.96 Å².